The first-order chi connectivity index (χ1) is 14.3. The zero-order valence-corrected chi connectivity index (χ0v) is 17.6. The predicted molar refractivity (Wildman–Crippen MR) is 119 cm³/mol. The Labute approximate surface area is 175 Å². The Bertz CT molecular complexity index is 1150. The Balaban J connectivity index is 1.49. The number of rotatable bonds is 6. The highest BCUT2D eigenvalue weighted by molar-refractivity contribution is 5.93. The molecule has 0 aliphatic rings. The average molecular weight is 404 g/mol. The van der Waals surface area contributed by atoms with Crippen LogP contribution < -0.4 is 10.2 Å². The normalized spacial score (nSPS) is 11.6. The first-order valence-electron chi connectivity index (χ1n) is 9.83. The highest BCUT2D eigenvalue weighted by Crippen LogP contribution is 2.28. The summed E-state index contributed by atoms with van der Waals surface area (Å²) in [6.07, 6.45) is 0. The molecule has 0 saturated carbocycles. The molecule has 2 aromatic heterocycles. The second-order valence-electron chi connectivity index (χ2n) is 8.25. The minimum absolute atomic E-state index is 0.178. The lowest BCUT2D eigenvalue weighted by atomic mass is 9.84. The minimum atomic E-state index is -0.227. The van der Waals surface area contributed by atoms with Crippen LogP contribution in [0, 0.1) is 5.82 Å². The Morgan fingerprint density at radius 1 is 1.00 bits per heavy atom. The Hall–Kier alpha value is -3.48. The molecule has 0 unspecified atom stereocenters. The first kappa shape index (κ1) is 19.8. The van der Waals surface area contributed by atoms with Crippen LogP contribution in [0.15, 0.2) is 54.6 Å². The zero-order valence-electron chi connectivity index (χ0n) is 17.6. The van der Waals surface area contributed by atoms with Gasteiger partial charge in [-0.2, -0.15) is 5.10 Å². The maximum absolute atomic E-state index is 13.2. The predicted octanol–water partition coefficient (Wildman–Crippen LogP) is 4.61. The number of benzene rings is 2. The molecule has 0 bridgehead atoms. The maximum atomic E-state index is 13.2. The van der Waals surface area contributed by atoms with Crippen LogP contribution in [0.5, 0.6) is 0 Å². The molecule has 154 valence electrons. The third-order valence-corrected chi connectivity index (χ3v) is 5.26. The molecule has 0 amide bonds. The van der Waals surface area contributed by atoms with Crippen molar-refractivity contribution in [2.45, 2.75) is 19.3 Å². The largest absolute Gasteiger partial charge is 0.368 e. The van der Waals surface area contributed by atoms with E-state index in [-0.39, 0.29) is 11.2 Å². The number of hydrogen-bond acceptors (Lipinski definition) is 5. The van der Waals surface area contributed by atoms with E-state index >= 15 is 0 Å². The molecule has 2 heterocycles. The average Bonchev–Trinajstić information content (AvgIpc) is 3.17. The second kappa shape index (κ2) is 7.74. The van der Waals surface area contributed by atoms with Crippen molar-refractivity contribution in [3.8, 4) is 11.3 Å². The van der Waals surface area contributed by atoms with Crippen LogP contribution in [-0.2, 0) is 5.41 Å². The minimum Gasteiger partial charge on any atom is -0.368 e. The third kappa shape index (κ3) is 3.96. The summed E-state index contributed by atoms with van der Waals surface area (Å²) in [6.45, 7) is 4.87. The summed E-state index contributed by atoms with van der Waals surface area (Å²) < 4.78 is 13.2. The van der Waals surface area contributed by atoms with Crippen molar-refractivity contribution in [2.24, 2.45) is 0 Å². The molecule has 0 spiro atoms. The van der Waals surface area contributed by atoms with E-state index in [1.54, 1.807) is 0 Å². The summed E-state index contributed by atoms with van der Waals surface area (Å²) >= 11 is 0. The van der Waals surface area contributed by atoms with Crippen molar-refractivity contribution in [1.29, 1.82) is 0 Å². The van der Waals surface area contributed by atoms with E-state index in [4.69, 9.17) is 0 Å². The van der Waals surface area contributed by atoms with Crippen LogP contribution in [0.3, 0.4) is 0 Å². The van der Waals surface area contributed by atoms with E-state index < -0.39 is 0 Å². The molecule has 0 fully saturated rings. The lowest BCUT2D eigenvalue weighted by molar-refractivity contribution is 0.552. The van der Waals surface area contributed by atoms with Crippen molar-refractivity contribution < 1.29 is 4.39 Å². The van der Waals surface area contributed by atoms with E-state index in [9.17, 15) is 4.39 Å². The van der Waals surface area contributed by atoms with Crippen LogP contribution >= 0.6 is 0 Å². The van der Waals surface area contributed by atoms with Crippen LogP contribution in [0.2, 0.25) is 0 Å². The van der Waals surface area contributed by atoms with E-state index in [2.05, 4.69) is 45.6 Å². The van der Waals surface area contributed by atoms with Gasteiger partial charge in [0.2, 0.25) is 0 Å². The molecule has 0 atom stereocenters. The van der Waals surface area contributed by atoms with Gasteiger partial charge in [-0.1, -0.05) is 32.0 Å². The molecule has 2 N–H and O–H groups in total. The van der Waals surface area contributed by atoms with Gasteiger partial charge in [-0.25, -0.2) is 4.39 Å². The maximum Gasteiger partial charge on any atom is 0.157 e. The summed E-state index contributed by atoms with van der Waals surface area (Å²) in [5.74, 6) is 1.36. The summed E-state index contributed by atoms with van der Waals surface area (Å²) in [5.41, 5.74) is 3.65. The highest BCUT2D eigenvalue weighted by atomic mass is 19.1. The molecule has 0 aliphatic heterocycles. The van der Waals surface area contributed by atoms with Gasteiger partial charge in [0, 0.05) is 37.0 Å². The summed E-state index contributed by atoms with van der Waals surface area (Å²) in [4.78, 5) is 1.98. The van der Waals surface area contributed by atoms with Gasteiger partial charge in [-0.05, 0) is 42.0 Å². The number of anilines is 2. The molecular formula is C23H25FN6. The monoisotopic (exact) mass is 404 g/mol. The van der Waals surface area contributed by atoms with Crippen molar-refractivity contribution in [3.63, 3.8) is 0 Å². The SMILES string of the molecule is CN(C)c1n[nH]c2ccc(-c3ccc(NCC(C)(C)c4ccc(F)cc4)nn3)cc12. The molecule has 30 heavy (non-hydrogen) atoms. The molecule has 0 radical (unpaired) electrons. The Kier molecular flexibility index (Phi) is 5.11. The number of aromatic nitrogens is 4. The molecule has 6 nitrogen and oxygen atoms in total. The summed E-state index contributed by atoms with van der Waals surface area (Å²) in [7, 11) is 3.94. The van der Waals surface area contributed by atoms with Crippen molar-refractivity contribution >= 4 is 22.5 Å². The van der Waals surface area contributed by atoms with Gasteiger partial charge >= 0.3 is 0 Å². The van der Waals surface area contributed by atoms with Crippen molar-refractivity contribution in [1.82, 2.24) is 20.4 Å². The van der Waals surface area contributed by atoms with Gasteiger partial charge in [0.05, 0.1) is 11.2 Å². The lowest BCUT2D eigenvalue weighted by Gasteiger charge is -2.25. The summed E-state index contributed by atoms with van der Waals surface area (Å²) in [5, 5.41) is 20.5. The first-order valence-corrected chi connectivity index (χ1v) is 9.83. The molecule has 0 saturated heterocycles. The van der Waals surface area contributed by atoms with Crippen LogP contribution in [0.25, 0.3) is 22.2 Å². The number of H-pyrrole nitrogens is 1. The smallest absolute Gasteiger partial charge is 0.157 e. The standard InChI is InChI=1S/C23H25FN6/c1-23(2,16-6-8-17(24)9-7-16)14-25-21-12-11-19(26-28-21)15-5-10-20-18(13-15)22(29-27-20)30(3)4/h5-13H,14H2,1-4H3,(H,25,28)(H,27,29). The molecular weight excluding hydrogens is 379 g/mol. The zero-order chi connectivity index (χ0) is 21.3. The molecule has 2 aromatic carbocycles. The quantitative estimate of drug-likeness (QED) is 0.491. The van der Waals surface area contributed by atoms with Gasteiger partial charge in [-0.3, -0.25) is 5.10 Å². The fourth-order valence-electron chi connectivity index (χ4n) is 3.40. The number of nitrogens with zero attached hydrogens (tertiary/aromatic N) is 4. The number of aromatic amines is 1. The van der Waals surface area contributed by atoms with Gasteiger partial charge in [0.1, 0.15) is 11.6 Å². The second-order valence-corrected chi connectivity index (χ2v) is 8.25. The Morgan fingerprint density at radius 3 is 2.43 bits per heavy atom. The van der Waals surface area contributed by atoms with E-state index in [1.165, 1.54) is 12.1 Å². The van der Waals surface area contributed by atoms with Gasteiger partial charge < -0.3 is 10.2 Å². The van der Waals surface area contributed by atoms with Gasteiger partial charge in [0.25, 0.3) is 0 Å². The fraction of sp³-hybridized carbons (Fsp3) is 0.261. The number of fused-ring (bicyclic) bond motifs is 1. The number of nitrogens with one attached hydrogen (secondary N) is 2. The van der Waals surface area contributed by atoms with Crippen LogP contribution in [-0.4, -0.2) is 41.0 Å². The fourth-order valence-corrected chi connectivity index (χ4v) is 3.40. The van der Waals surface area contributed by atoms with Crippen molar-refractivity contribution in [3.05, 3.63) is 66.0 Å². The van der Waals surface area contributed by atoms with E-state index in [0.717, 1.165) is 33.5 Å². The summed E-state index contributed by atoms with van der Waals surface area (Å²) in [6, 6.07) is 16.6. The highest BCUT2D eigenvalue weighted by Gasteiger charge is 2.20. The lowest BCUT2D eigenvalue weighted by Crippen LogP contribution is -2.28. The molecule has 4 aromatic rings. The Morgan fingerprint density at radius 2 is 1.77 bits per heavy atom. The van der Waals surface area contributed by atoms with Gasteiger partial charge in [0.15, 0.2) is 5.82 Å². The van der Waals surface area contributed by atoms with Crippen LogP contribution in [0.1, 0.15) is 19.4 Å². The van der Waals surface area contributed by atoms with Crippen LogP contribution in [0.4, 0.5) is 16.0 Å². The molecule has 4 rings (SSSR count). The molecule has 7 heteroatoms. The molecule has 0 aliphatic carbocycles. The number of hydrogen-bond donors (Lipinski definition) is 2. The van der Waals surface area contributed by atoms with E-state index in [1.807, 2.05) is 55.4 Å². The van der Waals surface area contributed by atoms with Gasteiger partial charge in [-0.15, -0.1) is 10.2 Å². The third-order valence-electron chi connectivity index (χ3n) is 5.26. The van der Waals surface area contributed by atoms with E-state index in [0.29, 0.717) is 12.4 Å². The van der Waals surface area contributed by atoms with Crippen molar-refractivity contribution in [2.75, 3.05) is 30.9 Å². The topological polar surface area (TPSA) is 69.7 Å². The number of halogens is 1.